The molecule has 3 rings (SSSR count). The van der Waals surface area contributed by atoms with Crippen LogP contribution >= 0.6 is 0 Å². The van der Waals surface area contributed by atoms with E-state index in [2.05, 4.69) is 22.4 Å². The quantitative estimate of drug-likeness (QED) is 0.844. The van der Waals surface area contributed by atoms with Gasteiger partial charge in [-0.3, -0.25) is 4.40 Å². The lowest BCUT2D eigenvalue weighted by Gasteiger charge is -2.11. The molecule has 1 atom stereocenters. The number of rotatable bonds is 4. The predicted molar refractivity (Wildman–Crippen MR) is 62.0 cm³/mol. The van der Waals surface area contributed by atoms with Crippen molar-refractivity contribution in [2.45, 2.75) is 32.4 Å². The van der Waals surface area contributed by atoms with Gasteiger partial charge in [0.25, 0.3) is 0 Å². The fourth-order valence-corrected chi connectivity index (χ4v) is 2.03. The van der Waals surface area contributed by atoms with Crippen LogP contribution in [0.2, 0.25) is 0 Å². The Hall–Kier alpha value is -1.42. The Kier molecular flexibility index (Phi) is 2.36. The molecule has 16 heavy (non-hydrogen) atoms. The van der Waals surface area contributed by atoms with Gasteiger partial charge >= 0.3 is 0 Å². The first-order chi connectivity index (χ1) is 7.84. The SMILES string of the molecule is C[C@H](NCc1nnc2ccccn12)C1CC1. The van der Waals surface area contributed by atoms with Gasteiger partial charge in [0.15, 0.2) is 11.5 Å². The van der Waals surface area contributed by atoms with Gasteiger partial charge in [-0.15, -0.1) is 10.2 Å². The summed E-state index contributed by atoms with van der Waals surface area (Å²) in [4.78, 5) is 0. The van der Waals surface area contributed by atoms with Crippen molar-refractivity contribution >= 4 is 5.65 Å². The van der Waals surface area contributed by atoms with Crippen LogP contribution in [0.4, 0.5) is 0 Å². The molecule has 2 heterocycles. The highest BCUT2D eigenvalue weighted by Gasteiger charge is 2.27. The maximum atomic E-state index is 4.20. The summed E-state index contributed by atoms with van der Waals surface area (Å²) in [7, 11) is 0. The predicted octanol–water partition coefficient (Wildman–Crippen LogP) is 1.62. The molecule has 4 nitrogen and oxygen atoms in total. The van der Waals surface area contributed by atoms with Crippen LogP contribution in [0.1, 0.15) is 25.6 Å². The first-order valence-electron chi connectivity index (χ1n) is 5.86. The van der Waals surface area contributed by atoms with E-state index in [0.717, 1.165) is 23.9 Å². The zero-order valence-electron chi connectivity index (χ0n) is 9.43. The standard InChI is InChI=1S/C12H16N4/c1-9(10-5-6-10)13-8-12-15-14-11-4-2-3-7-16(11)12/h2-4,7,9-10,13H,5-6,8H2,1H3/t9-/m0/s1. The first kappa shape index (κ1) is 9.78. The summed E-state index contributed by atoms with van der Waals surface area (Å²) in [6, 6.07) is 6.55. The average Bonchev–Trinajstić information content (AvgIpc) is 3.08. The Labute approximate surface area is 94.7 Å². The van der Waals surface area contributed by atoms with E-state index >= 15 is 0 Å². The lowest BCUT2D eigenvalue weighted by molar-refractivity contribution is 0.486. The van der Waals surface area contributed by atoms with E-state index in [1.807, 2.05) is 28.8 Å². The number of pyridine rings is 1. The third kappa shape index (κ3) is 1.80. The van der Waals surface area contributed by atoms with Crippen molar-refractivity contribution in [1.29, 1.82) is 0 Å². The minimum Gasteiger partial charge on any atom is -0.307 e. The van der Waals surface area contributed by atoms with Crippen LogP contribution in [-0.2, 0) is 6.54 Å². The summed E-state index contributed by atoms with van der Waals surface area (Å²) in [5.41, 5.74) is 0.915. The molecule has 1 N–H and O–H groups in total. The van der Waals surface area contributed by atoms with E-state index in [-0.39, 0.29) is 0 Å². The Morgan fingerprint density at radius 3 is 3.12 bits per heavy atom. The van der Waals surface area contributed by atoms with Gasteiger partial charge in [0.1, 0.15) is 0 Å². The molecule has 0 aliphatic heterocycles. The highest BCUT2D eigenvalue weighted by Crippen LogP contribution is 2.32. The number of nitrogens with zero attached hydrogens (tertiary/aromatic N) is 3. The molecule has 0 unspecified atom stereocenters. The summed E-state index contributed by atoms with van der Waals surface area (Å²) >= 11 is 0. The number of hydrogen-bond acceptors (Lipinski definition) is 3. The van der Waals surface area contributed by atoms with Gasteiger partial charge in [-0.2, -0.15) is 0 Å². The zero-order valence-corrected chi connectivity index (χ0v) is 9.43. The molecule has 1 aliphatic rings. The van der Waals surface area contributed by atoms with Crippen molar-refractivity contribution < 1.29 is 0 Å². The van der Waals surface area contributed by atoms with Crippen LogP contribution < -0.4 is 5.32 Å². The molecule has 0 aromatic carbocycles. The number of aromatic nitrogens is 3. The van der Waals surface area contributed by atoms with E-state index in [0.29, 0.717) is 6.04 Å². The summed E-state index contributed by atoms with van der Waals surface area (Å²) in [6.07, 6.45) is 4.75. The number of nitrogens with one attached hydrogen (secondary N) is 1. The third-order valence-electron chi connectivity index (χ3n) is 3.30. The van der Waals surface area contributed by atoms with Crippen molar-refractivity contribution in [3.05, 3.63) is 30.2 Å². The highest BCUT2D eigenvalue weighted by molar-refractivity contribution is 5.36. The topological polar surface area (TPSA) is 42.2 Å². The van der Waals surface area contributed by atoms with Crippen LogP contribution in [0.5, 0.6) is 0 Å². The van der Waals surface area contributed by atoms with Crippen molar-refractivity contribution in [2.24, 2.45) is 5.92 Å². The summed E-state index contributed by atoms with van der Waals surface area (Å²) < 4.78 is 2.03. The van der Waals surface area contributed by atoms with Crippen molar-refractivity contribution in [3.8, 4) is 0 Å². The molecule has 1 saturated carbocycles. The average molecular weight is 216 g/mol. The molecule has 4 heteroatoms. The van der Waals surface area contributed by atoms with E-state index in [4.69, 9.17) is 0 Å². The molecule has 0 radical (unpaired) electrons. The van der Waals surface area contributed by atoms with Gasteiger partial charge < -0.3 is 5.32 Å². The van der Waals surface area contributed by atoms with Gasteiger partial charge in [0.2, 0.25) is 0 Å². The Morgan fingerprint density at radius 2 is 2.31 bits per heavy atom. The molecule has 0 bridgehead atoms. The van der Waals surface area contributed by atoms with Crippen LogP contribution in [0.15, 0.2) is 24.4 Å². The summed E-state index contributed by atoms with van der Waals surface area (Å²) in [5.74, 6) is 1.86. The Morgan fingerprint density at radius 1 is 1.44 bits per heavy atom. The second kappa shape index (κ2) is 3.87. The molecule has 0 saturated heterocycles. The third-order valence-corrected chi connectivity index (χ3v) is 3.30. The molecule has 84 valence electrons. The van der Waals surface area contributed by atoms with Gasteiger partial charge in [-0.25, -0.2) is 0 Å². The van der Waals surface area contributed by atoms with Gasteiger partial charge in [0, 0.05) is 12.2 Å². The van der Waals surface area contributed by atoms with Crippen molar-refractivity contribution in [2.75, 3.05) is 0 Å². The number of fused-ring (bicyclic) bond motifs is 1. The maximum absolute atomic E-state index is 4.20. The molecular weight excluding hydrogens is 200 g/mol. The second-order valence-corrected chi connectivity index (χ2v) is 4.55. The first-order valence-corrected chi connectivity index (χ1v) is 5.86. The smallest absolute Gasteiger partial charge is 0.160 e. The van der Waals surface area contributed by atoms with Gasteiger partial charge in [-0.1, -0.05) is 6.07 Å². The van der Waals surface area contributed by atoms with Crippen LogP contribution in [0.3, 0.4) is 0 Å². The molecule has 0 spiro atoms. The second-order valence-electron chi connectivity index (χ2n) is 4.55. The maximum Gasteiger partial charge on any atom is 0.160 e. The summed E-state index contributed by atoms with van der Waals surface area (Å²) in [5, 5.41) is 11.8. The van der Waals surface area contributed by atoms with Crippen LogP contribution in [0, 0.1) is 5.92 Å². The fraction of sp³-hybridized carbons (Fsp3) is 0.500. The van der Waals surface area contributed by atoms with E-state index in [1.165, 1.54) is 12.8 Å². The highest BCUT2D eigenvalue weighted by atomic mass is 15.3. The van der Waals surface area contributed by atoms with Crippen LogP contribution in [-0.4, -0.2) is 20.6 Å². The Bertz CT molecular complexity index is 486. The molecule has 2 aromatic heterocycles. The van der Waals surface area contributed by atoms with E-state index in [9.17, 15) is 0 Å². The minimum atomic E-state index is 0.594. The molecular formula is C12H16N4. The minimum absolute atomic E-state index is 0.594. The van der Waals surface area contributed by atoms with Crippen LogP contribution in [0.25, 0.3) is 5.65 Å². The van der Waals surface area contributed by atoms with E-state index < -0.39 is 0 Å². The van der Waals surface area contributed by atoms with E-state index in [1.54, 1.807) is 0 Å². The van der Waals surface area contributed by atoms with Crippen molar-refractivity contribution in [1.82, 2.24) is 19.9 Å². The van der Waals surface area contributed by atoms with Gasteiger partial charge in [-0.05, 0) is 37.8 Å². The zero-order chi connectivity index (χ0) is 11.0. The van der Waals surface area contributed by atoms with Crippen molar-refractivity contribution in [3.63, 3.8) is 0 Å². The summed E-state index contributed by atoms with van der Waals surface area (Å²) in [6.45, 7) is 3.05. The normalized spacial score (nSPS) is 17.8. The molecule has 2 aromatic rings. The monoisotopic (exact) mass is 216 g/mol. The number of hydrogen-bond donors (Lipinski definition) is 1. The largest absolute Gasteiger partial charge is 0.307 e. The lowest BCUT2D eigenvalue weighted by atomic mass is 10.2. The molecule has 1 aliphatic carbocycles. The fourth-order valence-electron chi connectivity index (χ4n) is 2.03. The molecule has 1 fully saturated rings. The lowest BCUT2D eigenvalue weighted by Crippen LogP contribution is -2.28. The Balaban J connectivity index is 1.73. The molecule has 0 amide bonds. The van der Waals surface area contributed by atoms with Gasteiger partial charge in [0.05, 0.1) is 6.54 Å².